The van der Waals surface area contributed by atoms with Gasteiger partial charge in [0.25, 0.3) is 0 Å². The largest absolute Gasteiger partial charge is 0.347 e. The highest BCUT2D eigenvalue weighted by Gasteiger charge is 2.56. The lowest BCUT2D eigenvalue weighted by Crippen LogP contribution is -2.57. The summed E-state index contributed by atoms with van der Waals surface area (Å²) in [5.74, 6) is 3.12. The van der Waals surface area contributed by atoms with Crippen molar-refractivity contribution in [2.45, 2.75) is 64.0 Å². The second kappa shape index (κ2) is 6.79. The number of nitrogens with zero attached hydrogens (tertiary/aromatic N) is 4. The maximum atomic E-state index is 13.7. The molecule has 2 aromatic rings. The number of aromatic nitrogens is 3. The van der Waals surface area contributed by atoms with Gasteiger partial charge < -0.3 is 10.2 Å². The van der Waals surface area contributed by atoms with E-state index in [9.17, 15) is 9.59 Å². The summed E-state index contributed by atoms with van der Waals surface area (Å²) in [4.78, 5) is 28.7. The molecule has 7 rings (SSSR count). The average molecular weight is 408 g/mol. The highest BCUT2D eigenvalue weighted by Crippen LogP contribution is 2.60. The minimum Gasteiger partial charge on any atom is -0.347 e. The molecule has 2 aromatic heterocycles. The molecule has 1 atom stereocenters. The third-order valence-corrected chi connectivity index (χ3v) is 8.11. The second-order valence-corrected chi connectivity index (χ2v) is 10.1. The predicted molar refractivity (Wildman–Crippen MR) is 110 cm³/mol. The Morgan fingerprint density at radius 3 is 2.53 bits per heavy atom. The average Bonchev–Trinajstić information content (AvgIpc) is 3.38. The van der Waals surface area contributed by atoms with Crippen molar-refractivity contribution >= 4 is 17.5 Å². The molecule has 1 saturated heterocycles. The molecule has 0 unspecified atom stereocenters. The number of hydrogen-bond acceptors (Lipinski definition) is 4. The van der Waals surface area contributed by atoms with Gasteiger partial charge in [-0.25, -0.2) is 0 Å². The monoisotopic (exact) mass is 407 g/mol. The van der Waals surface area contributed by atoms with Crippen molar-refractivity contribution in [2.24, 2.45) is 23.2 Å². The van der Waals surface area contributed by atoms with Crippen LogP contribution >= 0.6 is 0 Å². The second-order valence-electron chi connectivity index (χ2n) is 10.1. The molecular formula is C23H29N5O2. The summed E-state index contributed by atoms with van der Waals surface area (Å²) in [6, 6.07) is 5.38. The van der Waals surface area contributed by atoms with Gasteiger partial charge in [-0.2, -0.15) is 0 Å². The number of hydrogen-bond donors (Lipinski definition) is 1. The zero-order chi connectivity index (χ0) is 20.3. The molecule has 0 radical (unpaired) electrons. The molecule has 30 heavy (non-hydrogen) atoms. The van der Waals surface area contributed by atoms with E-state index in [4.69, 9.17) is 0 Å². The molecule has 2 amide bonds. The molecule has 4 aliphatic carbocycles. The van der Waals surface area contributed by atoms with Gasteiger partial charge in [0.05, 0.1) is 12.0 Å². The Labute approximate surface area is 176 Å². The summed E-state index contributed by atoms with van der Waals surface area (Å²) in [6.45, 7) is 1.03. The molecule has 1 N–H and O–H groups in total. The van der Waals surface area contributed by atoms with Crippen molar-refractivity contribution in [1.29, 1.82) is 0 Å². The molecule has 1 aliphatic heterocycles. The van der Waals surface area contributed by atoms with Crippen LogP contribution in [0, 0.1) is 23.2 Å². The van der Waals surface area contributed by atoms with Gasteiger partial charge in [0.1, 0.15) is 6.04 Å². The van der Waals surface area contributed by atoms with Crippen LogP contribution in [0.1, 0.15) is 57.2 Å². The number of nitrogens with one attached hydrogen (secondary N) is 1. The van der Waals surface area contributed by atoms with Crippen LogP contribution in [0.25, 0.3) is 5.65 Å². The minimum atomic E-state index is -0.343. The quantitative estimate of drug-likeness (QED) is 0.845. The number of pyridine rings is 1. The van der Waals surface area contributed by atoms with Crippen LogP contribution < -0.4 is 5.32 Å². The van der Waals surface area contributed by atoms with Crippen molar-refractivity contribution < 1.29 is 9.59 Å². The highest BCUT2D eigenvalue weighted by molar-refractivity contribution is 5.91. The van der Waals surface area contributed by atoms with Crippen LogP contribution in [-0.4, -0.2) is 43.9 Å². The summed E-state index contributed by atoms with van der Waals surface area (Å²) in [5.41, 5.74) is 0.585. The predicted octanol–water partition coefficient (Wildman–Crippen LogP) is 2.55. The maximum absolute atomic E-state index is 13.7. The van der Waals surface area contributed by atoms with Gasteiger partial charge in [-0.3, -0.25) is 14.0 Å². The van der Waals surface area contributed by atoms with Crippen molar-refractivity contribution in [3.8, 4) is 0 Å². The van der Waals surface area contributed by atoms with Gasteiger partial charge in [-0.1, -0.05) is 6.07 Å². The summed E-state index contributed by atoms with van der Waals surface area (Å²) in [7, 11) is 0. The van der Waals surface area contributed by atoms with E-state index in [0.717, 1.165) is 55.5 Å². The number of amides is 2. The maximum Gasteiger partial charge on any atom is 0.243 e. The van der Waals surface area contributed by atoms with Gasteiger partial charge in [-0.15, -0.1) is 10.2 Å². The Bertz CT molecular complexity index is 963. The number of fused-ring (bicyclic) bond motifs is 1. The van der Waals surface area contributed by atoms with E-state index in [1.165, 1.54) is 19.3 Å². The van der Waals surface area contributed by atoms with Crippen molar-refractivity contribution in [3.05, 3.63) is 30.2 Å². The first-order chi connectivity index (χ1) is 14.6. The van der Waals surface area contributed by atoms with E-state index in [0.29, 0.717) is 18.9 Å². The molecular weight excluding hydrogens is 378 g/mol. The summed E-state index contributed by atoms with van der Waals surface area (Å²) in [6.07, 6.45) is 10.7. The van der Waals surface area contributed by atoms with Gasteiger partial charge >= 0.3 is 0 Å². The molecule has 3 heterocycles. The molecule has 158 valence electrons. The first-order valence-electron chi connectivity index (χ1n) is 11.5. The smallest absolute Gasteiger partial charge is 0.243 e. The molecule has 0 spiro atoms. The minimum absolute atomic E-state index is 0.0572. The molecule has 4 bridgehead atoms. The third-order valence-electron chi connectivity index (χ3n) is 8.11. The fraction of sp³-hybridized carbons (Fsp3) is 0.652. The van der Waals surface area contributed by atoms with Crippen LogP contribution in [0.15, 0.2) is 24.4 Å². The van der Waals surface area contributed by atoms with Crippen LogP contribution in [-0.2, 0) is 16.1 Å². The van der Waals surface area contributed by atoms with Crippen LogP contribution in [0.2, 0.25) is 0 Å². The lowest BCUT2D eigenvalue weighted by atomic mass is 9.49. The molecule has 7 nitrogen and oxygen atoms in total. The Morgan fingerprint density at radius 1 is 1.07 bits per heavy atom. The van der Waals surface area contributed by atoms with Crippen LogP contribution in [0.5, 0.6) is 0 Å². The van der Waals surface area contributed by atoms with E-state index in [-0.39, 0.29) is 23.3 Å². The van der Waals surface area contributed by atoms with Crippen molar-refractivity contribution in [2.75, 3.05) is 6.54 Å². The molecule has 7 heteroatoms. The highest BCUT2D eigenvalue weighted by atomic mass is 16.2. The normalized spacial score (nSPS) is 34.6. The fourth-order valence-corrected chi connectivity index (χ4v) is 7.26. The lowest BCUT2D eigenvalue weighted by molar-refractivity contribution is -0.160. The van der Waals surface area contributed by atoms with E-state index in [2.05, 4.69) is 15.5 Å². The zero-order valence-electron chi connectivity index (χ0n) is 17.3. The summed E-state index contributed by atoms with van der Waals surface area (Å²) >= 11 is 0. The Morgan fingerprint density at radius 2 is 1.80 bits per heavy atom. The van der Waals surface area contributed by atoms with Gasteiger partial charge in [0.2, 0.25) is 11.8 Å². The zero-order valence-corrected chi connectivity index (χ0v) is 17.3. The number of rotatable bonds is 4. The molecule has 5 aliphatic rings. The van der Waals surface area contributed by atoms with Gasteiger partial charge in [0.15, 0.2) is 11.5 Å². The number of likely N-dealkylation sites (tertiary alicyclic amines) is 1. The third kappa shape index (κ3) is 2.85. The van der Waals surface area contributed by atoms with Crippen LogP contribution in [0.4, 0.5) is 0 Å². The summed E-state index contributed by atoms with van der Waals surface area (Å²) < 4.78 is 1.88. The van der Waals surface area contributed by atoms with Gasteiger partial charge in [-0.05, 0) is 81.3 Å². The standard InChI is InChI=1S/C23H29N5O2/c29-21(24-14-20-26-25-19-5-1-2-6-28(19)20)18-4-3-7-27(18)22(30)23-11-15-8-16(12-23)10-17(9-15)13-23/h1-2,5-6,15-18H,3-4,7-14H2,(H,24,29)/t15?,16?,17?,18-,23?/m1/s1. The van der Waals surface area contributed by atoms with Gasteiger partial charge in [0, 0.05) is 12.7 Å². The Hall–Kier alpha value is -2.44. The topological polar surface area (TPSA) is 79.6 Å². The van der Waals surface area contributed by atoms with Crippen molar-refractivity contribution in [3.63, 3.8) is 0 Å². The first kappa shape index (κ1) is 18.3. The number of carbonyl (C=O) groups is 2. The lowest BCUT2D eigenvalue weighted by Gasteiger charge is -2.56. The van der Waals surface area contributed by atoms with E-state index in [1.807, 2.05) is 33.7 Å². The Kier molecular flexibility index (Phi) is 4.15. The van der Waals surface area contributed by atoms with Crippen molar-refractivity contribution in [1.82, 2.24) is 24.8 Å². The van der Waals surface area contributed by atoms with E-state index in [1.54, 1.807) is 0 Å². The van der Waals surface area contributed by atoms with Crippen LogP contribution in [0.3, 0.4) is 0 Å². The Balaban J connectivity index is 1.16. The molecule has 0 aromatic carbocycles. The first-order valence-corrected chi connectivity index (χ1v) is 11.5. The fourth-order valence-electron chi connectivity index (χ4n) is 7.26. The van der Waals surface area contributed by atoms with E-state index < -0.39 is 0 Å². The molecule has 4 saturated carbocycles. The number of carbonyl (C=O) groups excluding carboxylic acids is 2. The van der Waals surface area contributed by atoms with E-state index >= 15 is 0 Å². The SMILES string of the molecule is O=C(NCc1nnc2ccccn12)[C@H]1CCCN1C(=O)C12CC3CC(CC(C3)C1)C2. The summed E-state index contributed by atoms with van der Waals surface area (Å²) in [5, 5.41) is 11.4. The molecule has 5 fully saturated rings.